The predicted octanol–water partition coefficient (Wildman–Crippen LogP) is 1.68. The molecule has 2 rings (SSSR count). The van der Waals surface area contributed by atoms with Gasteiger partial charge in [0.15, 0.2) is 12.2 Å². The summed E-state index contributed by atoms with van der Waals surface area (Å²) < 4.78 is 40.7. The molecule has 9 heteroatoms. The van der Waals surface area contributed by atoms with E-state index in [1.165, 1.54) is 29.2 Å². The van der Waals surface area contributed by atoms with Gasteiger partial charge in [-0.3, -0.25) is 4.79 Å². The molecule has 0 bridgehead atoms. The van der Waals surface area contributed by atoms with Crippen LogP contribution in [0.1, 0.15) is 23.2 Å². The van der Waals surface area contributed by atoms with Gasteiger partial charge >= 0.3 is 12.1 Å². The Labute approximate surface area is 135 Å². The third kappa shape index (κ3) is 4.38. The monoisotopic (exact) mass is 347 g/mol. The number of carbonyl (C=O) groups is 2. The van der Waals surface area contributed by atoms with Gasteiger partial charge in [-0.1, -0.05) is 0 Å². The first kappa shape index (κ1) is 18.1. The summed E-state index contributed by atoms with van der Waals surface area (Å²) in [5, 5.41) is 18.8. The smallest absolute Gasteiger partial charge is 0.422 e. The van der Waals surface area contributed by atoms with E-state index in [0.29, 0.717) is 0 Å². The summed E-state index contributed by atoms with van der Waals surface area (Å²) in [6.07, 6.45) is -4.61. The number of carboxylic acid groups (broad SMARTS) is 1. The second-order valence-corrected chi connectivity index (χ2v) is 5.56. The van der Waals surface area contributed by atoms with Crippen molar-refractivity contribution in [3.63, 3.8) is 0 Å². The number of carboxylic acids is 1. The van der Waals surface area contributed by atoms with Gasteiger partial charge in [-0.25, -0.2) is 4.79 Å². The number of hydrogen-bond acceptors (Lipinski definition) is 4. The standard InChI is InChI=1S/C15H16F3NO5/c16-15(17,18)9-24-11-3-1-10(2-4-11)12(20)19-7-5-14(23,6-8-19)13(21)22/h1-4,23H,5-9H2,(H,21,22). The Balaban J connectivity index is 1.95. The maximum Gasteiger partial charge on any atom is 0.422 e. The van der Waals surface area contributed by atoms with Crippen LogP contribution in [-0.2, 0) is 4.79 Å². The molecule has 1 amide bonds. The highest BCUT2D eigenvalue weighted by molar-refractivity contribution is 5.94. The van der Waals surface area contributed by atoms with Crippen molar-refractivity contribution in [2.75, 3.05) is 19.7 Å². The molecular weight excluding hydrogens is 331 g/mol. The van der Waals surface area contributed by atoms with E-state index < -0.39 is 24.4 Å². The minimum atomic E-state index is -4.44. The van der Waals surface area contributed by atoms with Gasteiger partial charge in [0, 0.05) is 31.5 Å². The first-order valence-electron chi connectivity index (χ1n) is 7.15. The number of aliphatic carboxylic acids is 1. The molecule has 1 aromatic rings. The highest BCUT2D eigenvalue weighted by Gasteiger charge is 2.40. The average Bonchev–Trinajstić information content (AvgIpc) is 2.53. The number of nitrogens with zero attached hydrogens (tertiary/aromatic N) is 1. The van der Waals surface area contributed by atoms with E-state index >= 15 is 0 Å². The average molecular weight is 347 g/mol. The third-order valence-corrected chi connectivity index (χ3v) is 3.78. The summed E-state index contributed by atoms with van der Waals surface area (Å²) in [5.41, 5.74) is -1.58. The minimum Gasteiger partial charge on any atom is -0.484 e. The zero-order chi connectivity index (χ0) is 18.0. The van der Waals surface area contributed by atoms with Crippen LogP contribution in [0.15, 0.2) is 24.3 Å². The fourth-order valence-corrected chi connectivity index (χ4v) is 2.34. The summed E-state index contributed by atoms with van der Waals surface area (Å²) in [6, 6.07) is 5.20. The highest BCUT2D eigenvalue weighted by Crippen LogP contribution is 2.24. The third-order valence-electron chi connectivity index (χ3n) is 3.78. The minimum absolute atomic E-state index is 0.0113. The fourth-order valence-electron chi connectivity index (χ4n) is 2.34. The van der Waals surface area contributed by atoms with Gasteiger partial charge < -0.3 is 19.8 Å². The Kier molecular flexibility index (Phi) is 5.02. The van der Waals surface area contributed by atoms with Crippen molar-refractivity contribution >= 4 is 11.9 Å². The van der Waals surface area contributed by atoms with Crippen LogP contribution in [-0.4, -0.2) is 58.5 Å². The first-order valence-corrected chi connectivity index (χ1v) is 7.15. The highest BCUT2D eigenvalue weighted by atomic mass is 19.4. The lowest BCUT2D eigenvalue weighted by molar-refractivity contribution is -0.162. The molecule has 2 N–H and O–H groups in total. The van der Waals surface area contributed by atoms with Crippen LogP contribution in [0.4, 0.5) is 13.2 Å². The molecule has 1 saturated heterocycles. The fraction of sp³-hybridized carbons (Fsp3) is 0.467. The van der Waals surface area contributed by atoms with E-state index in [-0.39, 0.29) is 43.2 Å². The Morgan fingerprint density at radius 1 is 1.17 bits per heavy atom. The SMILES string of the molecule is O=C(c1ccc(OCC(F)(F)F)cc1)N1CCC(O)(C(=O)O)CC1. The molecule has 0 aliphatic carbocycles. The van der Waals surface area contributed by atoms with Gasteiger partial charge in [-0.05, 0) is 24.3 Å². The molecule has 0 aromatic heterocycles. The molecule has 6 nitrogen and oxygen atoms in total. The number of rotatable bonds is 4. The van der Waals surface area contributed by atoms with Crippen LogP contribution in [0.25, 0.3) is 0 Å². The van der Waals surface area contributed by atoms with Crippen molar-refractivity contribution < 1.29 is 37.7 Å². The molecule has 1 aliphatic rings. The topological polar surface area (TPSA) is 87.1 Å². The quantitative estimate of drug-likeness (QED) is 0.865. The largest absolute Gasteiger partial charge is 0.484 e. The lowest BCUT2D eigenvalue weighted by Gasteiger charge is -2.35. The van der Waals surface area contributed by atoms with Gasteiger partial charge in [0.25, 0.3) is 5.91 Å². The number of halogens is 3. The van der Waals surface area contributed by atoms with E-state index in [9.17, 15) is 27.9 Å². The molecule has 1 aromatic carbocycles. The number of hydrogen-bond donors (Lipinski definition) is 2. The Bertz CT molecular complexity index is 607. The molecule has 0 saturated carbocycles. The number of benzene rings is 1. The van der Waals surface area contributed by atoms with Crippen LogP contribution in [0, 0.1) is 0 Å². The molecule has 1 aliphatic heterocycles. The first-order chi connectivity index (χ1) is 11.1. The normalized spacial score (nSPS) is 17.4. The summed E-state index contributed by atoms with van der Waals surface area (Å²) in [6.45, 7) is -1.26. The van der Waals surface area contributed by atoms with Crippen molar-refractivity contribution in [3.05, 3.63) is 29.8 Å². The Hall–Kier alpha value is -2.29. The van der Waals surface area contributed by atoms with Crippen molar-refractivity contribution in [1.29, 1.82) is 0 Å². The van der Waals surface area contributed by atoms with Gasteiger partial charge in [-0.2, -0.15) is 13.2 Å². The molecule has 0 unspecified atom stereocenters. The number of aliphatic hydroxyl groups is 1. The lowest BCUT2D eigenvalue weighted by atomic mass is 9.91. The number of ether oxygens (including phenoxy) is 1. The van der Waals surface area contributed by atoms with E-state index in [2.05, 4.69) is 4.74 Å². The van der Waals surface area contributed by atoms with Crippen molar-refractivity contribution in [1.82, 2.24) is 4.90 Å². The molecule has 24 heavy (non-hydrogen) atoms. The second kappa shape index (κ2) is 6.68. The lowest BCUT2D eigenvalue weighted by Crippen LogP contribution is -2.50. The van der Waals surface area contributed by atoms with Crippen LogP contribution < -0.4 is 4.74 Å². The summed E-state index contributed by atoms with van der Waals surface area (Å²) in [7, 11) is 0. The van der Waals surface area contributed by atoms with Crippen molar-refractivity contribution in [3.8, 4) is 5.75 Å². The maximum absolute atomic E-state index is 12.3. The number of amides is 1. The van der Waals surface area contributed by atoms with Crippen molar-refractivity contribution in [2.45, 2.75) is 24.6 Å². The maximum atomic E-state index is 12.3. The number of carbonyl (C=O) groups excluding carboxylic acids is 1. The molecule has 0 spiro atoms. The summed E-state index contributed by atoms with van der Waals surface area (Å²) in [5.74, 6) is -1.71. The van der Waals surface area contributed by atoms with Gasteiger partial charge in [0.2, 0.25) is 0 Å². The second-order valence-electron chi connectivity index (χ2n) is 5.56. The van der Waals surface area contributed by atoms with Crippen molar-refractivity contribution in [2.24, 2.45) is 0 Å². The Morgan fingerprint density at radius 2 is 1.71 bits per heavy atom. The summed E-state index contributed by atoms with van der Waals surface area (Å²) >= 11 is 0. The molecule has 1 heterocycles. The summed E-state index contributed by atoms with van der Waals surface area (Å²) in [4.78, 5) is 24.6. The van der Waals surface area contributed by atoms with Crippen LogP contribution in [0.5, 0.6) is 5.75 Å². The molecular formula is C15H16F3NO5. The molecule has 0 radical (unpaired) electrons. The number of piperidine rings is 1. The zero-order valence-electron chi connectivity index (χ0n) is 12.5. The van der Waals surface area contributed by atoms with Gasteiger partial charge in [0.1, 0.15) is 5.75 Å². The van der Waals surface area contributed by atoms with Crippen LogP contribution >= 0.6 is 0 Å². The molecule has 1 fully saturated rings. The molecule has 132 valence electrons. The van der Waals surface area contributed by atoms with Gasteiger partial charge in [0.05, 0.1) is 0 Å². The zero-order valence-corrected chi connectivity index (χ0v) is 12.5. The Morgan fingerprint density at radius 3 is 2.17 bits per heavy atom. The van der Waals surface area contributed by atoms with E-state index in [4.69, 9.17) is 5.11 Å². The van der Waals surface area contributed by atoms with Crippen LogP contribution in [0.3, 0.4) is 0 Å². The molecule has 0 atom stereocenters. The van der Waals surface area contributed by atoms with E-state index in [0.717, 1.165) is 0 Å². The van der Waals surface area contributed by atoms with E-state index in [1.54, 1.807) is 0 Å². The van der Waals surface area contributed by atoms with E-state index in [1.807, 2.05) is 0 Å². The van der Waals surface area contributed by atoms with Gasteiger partial charge in [-0.15, -0.1) is 0 Å². The number of alkyl halides is 3. The predicted molar refractivity (Wildman–Crippen MR) is 75.7 cm³/mol. The van der Waals surface area contributed by atoms with Crippen LogP contribution in [0.2, 0.25) is 0 Å². The number of likely N-dealkylation sites (tertiary alicyclic amines) is 1.